The molecule has 170 valence electrons. The Morgan fingerprint density at radius 2 is 1.91 bits per heavy atom. The fourth-order valence-electron chi connectivity index (χ4n) is 4.13. The maximum Gasteiger partial charge on any atom is 0.278 e. The summed E-state index contributed by atoms with van der Waals surface area (Å²) in [5.41, 5.74) is 3.22. The van der Waals surface area contributed by atoms with Crippen molar-refractivity contribution in [3.05, 3.63) is 105 Å². The van der Waals surface area contributed by atoms with E-state index in [0.717, 1.165) is 11.1 Å². The molecule has 0 fully saturated rings. The average molecular weight is 475 g/mol. The van der Waals surface area contributed by atoms with E-state index in [1.54, 1.807) is 22.8 Å². The lowest BCUT2D eigenvalue weighted by Gasteiger charge is -2.11. The van der Waals surface area contributed by atoms with Crippen LogP contribution in [0.15, 0.2) is 77.9 Å². The average Bonchev–Trinajstić information content (AvgIpc) is 3.10. The normalized spacial score (nSPS) is 11.3. The van der Waals surface area contributed by atoms with Crippen molar-refractivity contribution in [3.63, 3.8) is 0 Å². The van der Waals surface area contributed by atoms with Gasteiger partial charge in [0, 0.05) is 16.1 Å². The van der Waals surface area contributed by atoms with Crippen molar-refractivity contribution in [2.45, 2.75) is 20.0 Å². The van der Waals surface area contributed by atoms with Crippen LogP contribution in [-0.2, 0) is 17.9 Å². The third-order valence-electron chi connectivity index (χ3n) is 5.69. The molecule has 5 rings (SSSR count). The Labute approximate surface area is 199 Å². The number of halogens is 2. The Bertz CT molecular complexity index is 1620. The molecule has 5 aromatic rings. The molecule has 3 aromatic carbocycles. The summed E-state index contributed by atoms with van der Waals surface area (Å²) >= 11 is 6.28. The number of anilines is 1. The van der Waals surface area contributed by atoms with Crippen LogP contribution in [0.4, 0.5) is 10.1 Å². The molecule has 1 amide bonds. The standard InChI is InChI=1S/C26H20ClFN4O2/c1-16-5-4-7-19(11-16)30-23(33)14-32-22-10-9-18(28)12-20(22)24-25(32)26(34)31(15-29-24)13-17-6-2-3-8-21(17)27/h2-12,15H,13-14H2,1H3,(H,30,33). The molecule has 0 unspecified atom stereocenters. The highest BCUT2D eigenvalue weighted by Gasteiger charge is 2.19. The minimum Gasteiger partial charge on any atom is -0.325 e. The molecule has 0 saturated carbocycles. The van der Waals surface area contributed by atoms with E-state index in [1.165, 1.54) is 23.0 Å². The monoisotopic (exact) mass is 474 g/mol. The topological polar surface area (TPSA) is 68.9 Å². The smallest absolute Gasteiger partial charge is 0.278 e. The molecule has 2 aromatic heterocycles. The Morgan fingerprint density at radius 1 is 1.09 bits per heavy atom. The van der Waals surface area contributed by atoms with Crippen LogP contribution in [-0.4, -0.2) is 20.0 Å². The number of fused-ring (bicyclic) bond motifs is 3. The summed E-state index contributed by atoms with van der Waals surface area (Å²) < 4.78 is 17.1. The Morgan fingerprint density at radius 3 is 2.71 bits per heavy atom. The van der Waals surface area contributed by atoms with Gasteiger partial charge in [-0.25, -0.2) is 9.37 Å². The van der Waals surface area contributed by atoms with Crippen molar-refractivity contribution < 1.29 is 9.18 Å². The van der Waals surface area contributed by atoms with Gasteiger partial charge in [-0.1, -0.05) is 41.9 Å². The first-order valence-electron chi connectivity index (χ1n) is 10.7. The molecule has 8 heteroatoms. The van der Waals surface area contributed by atoms with E-state index in [0.29, 0.717) is 27.1 Å². The maximum absolute atomic E-state index is 14.1. The summed E-state index contributed by atoms with van der Waals surface area (Å²) in [5, 5.41) is 3.87. The number of rotatable bonds is 5. The highest BCUT2D eigenvalue weighted by atomic mass is 35.5. The molecule has 34 heavy (non-hydrogen) atoms. The van der Waals surface area contributed by atoms with Crippen LogP contribution >= 0.6 is 11.6 Å². The molecule has 0 aliphatic carbocycles. The number of aryl methyl sites for hydroxylation is 1. The van der Waals surface area contributed by atoms with Crippen LogP contribution in [0.5, 0.6) is 0 Å². The van der Waals surface area contributed by atoms with E-state index in [4.69, 9.17) is 11.6 Å². The van der Waals surface area contributed by atoms with E-state index >= 15 is 0 Å². The number of amides is 1. The van der Waals surface area contributed by atoms with Gasteiger partial charge >= 0.3 is 0 Å². The van der Waals surface area contributed by atoms with E-state index < -0.39 is 5.82 Å². The molecular weight excluding hydrogens is 455 g/mol. The van der Waals surface area contributed by atoms with Gasteiger partial charge < -0.3 is 9.88 Å². The molecule has 0 aliphatic rings. The molecule has 0 spiro atoms. The SMILES string of the molecule is Cc1cccc(NC(=O)Cn2c3ccc(F)cc3c3ncn(Cc4ccccc4Cl)c(=O)c32)c1. The molecule has 0 saturated heterocycles. The summed E-state index contributed by atoms with van der Waals surface area (Å²) in [4.78, 5) is 30.9. The minimum absolute atomic E-state index is 0.132. The summed E-state index contributed by atoms with van der Waals surface area (Å²) in [6.07, 6.45) is 1.43. The van der Waals surface area contributed by atoms with Crippen LogP contribution in [0.2, 0.25) is 5.02 Å². The zero-order valence-electron chi connectivity index (χ0n) is 18.3. The Balaban J connectivity index is 1.62. The molecule has 0 radical (unpaired) electrons. The van der Waals surface area contributed by atoms with Gasteiger partial charge in [-0.2, -0.15) is 0 Å². The fourth-order valence-corrected chi connectivity index (χ4v) is 4.32. The molecule has 2 heterocycles. The van der Waals surface area contributed by atoms with Gasteiger partial charge in [0.25, 0.3) is 5.56 Å². The highest BCUT2D eigenvalue weighted by Crippen LogP contribution is 2.27. The first-order valence-corrected chi connectivity index (χ1v) is 11.1. The van der Waals surface area contributed by atoms with Gasteiger partial charge in [-0.15, -0.1) is 0 Å². The molecule has 0 atom stereocenters. The number of carbonyl (C=O) groups is 1. The number of nitrogens with zero attached hydrogens (tertiary/aromatic N) is 3. The van der Waals surface area contributed by atoms with Gasteiger partial charge in [0.1, 0.15) is 23.4 Å². The molecule has 1 N–H and O–H groups in total. The van der Waals surface area contributed by atoms with E-state index in [9.17, 15) is 14.0 Å². The fraction of sp³-hybridized carbons (Fsp3) is 0.115. The lowest BCUT2D eigenvalue weighted by atomic mass is 10.2. The van der Waals surface area contributed by atoms with Crippen LogP contribution in [0.3, 0.4) is 0 Å². The molecule has 0 aliphatic heterocycles. The second-order valence-electron chi connectivity index (χ2n) is 8.13. The van der Waals surface area contributed by atoms with Crippen molar-refractivity contribution in [1.29, 1.82) is 0 Å². The predicted molar refractivity (Wildman–Crippen MR) is 132 cm³/mol. The van der Waals surface area contributed by atoms with Crippen molar-refractivity contribution in [1.82, 2.24) is 14.1 Å². The maximum atomic E-state index is 14.1. The Hall–Kier alpha value is -3.97. The van der Waals surface area contributed by atoms with Gasteiger partial charge in [-0.05, 0) is 54.4 Å². The predicted octanol–water partition coefficient (Wildman–Crippen LogP) is 5.14. The number of nitrogens with one attached hydrogen (secondary N) is 1. The van der Waals surface area contributed by atoms with Gasteiger partial charge in [0.15, 0.2) is 0 Å². The number of hydrogen-bond donors (Lipinski definition) is 1. The largest absolute Gasteiger partial charge is 0.325 e. The number of benzene rings is 3. The summed E-state index contributed by atoms with van der Waals surface area (Å²) in [6, 6.07) is 18.9. The number of hydrogen-bond acceptors (Lipinski definition) is 3. The minimum atomic E-state index is -0.446. The second kappa shape index (κ2) is 8.76. The lowest BCUT2D eigenvalue weighted by molar-refractivity contribution is -0.116. The third kappa shape index (κ3) is 4.06. The zero-order valence-corrected chi connectivity index (χ0v) is 19.0. The van der Waals surface area contributed by atoms with Crippen LogP contribution < -0.4 is 10.9 Å². The zero-order chi connectivity index (χ0) is 23.8. The number of aromatic nitrogens is 3. The summed E-state index contributed by atoms with van der Waals surface area (Å²) in [6.45, 7) is 2.02. The molecule has 6 nitrogen and oxygen atoms in total. The molecular formula is C26H20ClFN4O2. The van der Waals surface area contributed by atoms with Gasteiger partial charge in [-0.3, -0.25) is 14.2 Å². The van der Waals surface area contributed by atoms with E-state index in [-0.39, 0.29) is 30.1 Å². The van der Waals surface area contributed by atoms with Gasteiger partial charge in [0.2, 0.25) is 5.91 Å². The highest BCUT2D eigenvalue weighted by molar-refractivity contribution is 6.31. The second-order valence-corrected chi connectivity index (χ2v) is 8.54. The summed E-state index contributed by atoms with van der Waals surface area (Å²) in [7, 11) is 0. The molecule has 0 bridgehead atoms. The van der Waals surface area contributed by atoms with E-state index in [2.05, 4.69) is 10.3 Å². The third-order valence-corrected chi connectivity index (χ3v) is 6.06. The van der Waals surface area contributed by atoms with Crippen molar-refractivity contribution >= 4 is 45.1 Å². The quantitative estimate of drug-likeness (QED) is 0.383. The first kappa shape index (κ1) is 21.9. The van der Waals surface area contributed by atoms with Crippen LogP contribution in [0.1, 0.15) is 11.1 Å². The van der Waals surface area contributed by atoms with Gasteiger partial charge in [0.05, 0.1) is 18.4 Å². The van der Waals surface area contributed by atoms with Crippen LogP contribution in [0, 0.1) is 12.7 Å². The van der Waals surface area contributed by atoms with E-state index in [1.807, 2.05) is 43.3 Å². The summed E-state index contributed by atoms with van der Waals surface area (Å²) in [5.74, 6) is -0.757. The van der Waals surface area contributed by atoms with Crippen molar-refractivity contribution in [2.24, 2.45) is 0 Å². The van der Waals surface area contributed by atoms with Crippen molar-refractivity contribution in [3.8, 4) is 0 Å². The van der Waals surface area contributed by atoms with Crippen LogP contribution in [0.25, 0.3) is 21.9 Å². The lowest BCUT2D eigenvalue weighted by Crippen LogP contribution is -2.25. The first-order chi connectivity index (χ1) is 16.4. The Kier molecular flexibility index (Phi) is 5.63. The number of carbonyl (C=O) groups excluding carboxylic acids is 1. The van der Waals surface area contributed by atoms with Crippen molar-refractivity contribution in [2.75, 3.05) is 5.32 Å².